The molecule has 0 aromatic carbocycles. The first kappa shape index (κ1) is 17.4. The van der Waals surface area contributed by atoms with Crippen LogP contribution in [0.3, 0.4) is 0 Å². The smallest absolute Gasteiger partial charge is 1.00 e. The molecule has 0 bridgehead atoms. The van der Waals surface area contributed by atoms with E-state index in [2.05, 4.69) is 5.73 Å². The molecular weight excluding hydrogens is 169 g/mol. The van der Waals surface area contributed by atoms with Crippen molar-refractivity contribution in [3.8, 4) is 0 Å². The van der Waals surface area contributed by atoms with Gasteiger partial charge in [-0.05, 0) is 12.0 Å². The summed E-state index contributed by atoms with van der Waals surface area (Å²) in [7, 11) is 0. The quantitative estimate of drug-likeness (QED) is 0.302. The molecule has 60 valence electrons. The maximum Gasteiger partial charge on any atom is 1.00 e. The predicted molar refractivity (Wildman–Crippen MR) is 48.2 cm³/mol. The van der Waals surface area contributed by atoms with Crippen LogP contribution in [0.4, 0.5) is 0 Å². The van der Waals surface area contributed by atoms with E-state index in [0.29, 0.717) is 5.92 Å². The average Bonchev–Trinajstić information content (AvgIpc) is 1.63. The van der Waals surface area contributed by atoms with Gasteiger partial charge in [0, 0.05) is 6.08 Å². The number of hydrogen-bond donors (Lipinski definition) is 1. The first-order valence-corrected chi connectivity index (χ1v) is 2.85. The number of carbonyl (C=O) groups excluding carboxylic acids is 1. The van der Waals surface area contributed by atoms with Crippen molar-refractivity contribution in [2.24, 2.45) is 11.7 Å². The number of hydrogen-bond acceptors (Lipinski definition) is 1. The van der Waals surface area contributed by atoms with Crippen LogP contribution in [-0.4, -0.2) is 5.91 Å². The van der Waals surface area contributed by atoms with Crippen molar-refractivity contribution < 1.29 is 35.8 Å². The number of carbonyl (C=O) groups is 1. The number of nitrogens with two attached hydrogens (primary N) is 1. The van der Waals surface area contributed by atoms with Crippen LogP contribution in [0, 0.1) is 5.92 Å². The number of rotatable bonds is 2. The van der Waals surface area contributed by atoms with Gasteiger partial charge in [0.1, 0.15) is 0 Å². The Balaban J connectivity index is -0.000000107. The molecule has 11 heavy (non-hydrogen) atoms. The average molecular weight is 183 g/mol. The third kappa shape index (κ3) is 17.9. The van der Waals surface area contributed by atoms with Crippen LogP contribution in [0.2, 0.25) is 0 Å². The third-order valence-electron chi connectivity index (χ3n) is 0.655. The Hall–Kier alpha value is 0.340. The zero-order valence-corrected chi connectivity index (χ0v) is 10.2. The minimum atomic E-state index is -0.452. The summed E-state index contributed by atoms with van der Waals surface area (Å²) in [6.45, 7) is 4.00. The van der Waals surface area contributed by atoms with Gasteiger partial charge >= 0.3 is 29.6 Å². The molecule has 0 rings (SSSR count). The van der Waals surface area contributed by atoms with E-state index in [0.717, 1.165) is 0 Å². The van der Waals surface area contributed by atoms with E-state index in [1.807, 2.05) is 13.8 Å². The van der Waals surface area contributed by atoms with E-state index in [-0.39, 0.29) is 44.5 Å². The second-order valence-corrected chi connectivity index (χ2v) is 2.12. The van der Waals surface area contributed by atoms with Gasteiger partial charge in [-0.25, -0.2) is 0 Å². The Morgan fingerprint density at radius 2 is 2.09 bits per heavy atom. The monoisotopic (exact) mass is 183 g/mol. The molecule has 0 atom stereocenters. The molecule has 2 nitrogen and oxygen atoms in total. The predicted octanol–water partition coefficient (Wildman–Crippen LogP) is -1.93. The molecule has 0 aliphatic carbocycles. The van der Waals surface area contributed by atoms with Crippen molar-refractivity contribution in [3.63, 3.8) is 0 Å². The van der Waals surface area contributed by atoms with Gasteiger partial charge in [-0.3, -0.25) is 4.79 Å². The molecule has 2 N–H and O–H groups in total. The molecule has 0 radical (unpaired) electrons. The van der Waals surface area contributed by atoms with Crippen molar-refractivity contribution in [1.29, 1.82) is 0 Å². The molecule has 0 heterocycles. The molecular formula is C7H14NNaOS. The first-order chi connectivity index (χ1) is 4.13. The van der Waals surface area contributed by atoms with Gasteiger partial charge in [-0.15, -0.1) is 5.73 Å². The Morgan fingerprint density at radius 1 is 1.64 bits per heavy atom. The minimum absolute atomic E-state index is 0. The molecule has 0 fully saturated rings. The van der Waals surface area contributed by atoms with Crippen molar-refractivity contribution in [3.05, 3.63) is 17.9 Å². The SMILES string of the molecule is CC(C)C=C=CC(N)=O.S.[H-].[Na+]. The molecule has 0 saturated heterocycles. The number of primary amides is 1. The van der Waals surface area contributed by atoms with E-state index < -0.39 is 5.91 Å². The Morgan fingerprint density at radius 3 is 2.36 bits per heavy atom. The molecule has 0 aromatic heterocycles. The van der Waals surface area contributed by atoms with Crippen LogP contribution in [-0.2, 0) is 4.79 Å². The van der Waals surface area contributed by atoms with Crippen LogP contribution in [0.15, 0.2) is 17.9 Å². The molecule has 0 aromatic rings. The summed E-state index contributed by atoms with van der Waals surface area (Å²) < 4.78 is 0. The van der Waals surface area contributed by atoms with Crippen molar-refractivity contribution >= 4 is 19.4 Å². The second kappa shape index (κ2) is 10.3. The van der Waals surface area contributed by atoms with Crippen LogP contribution in [0.5, 0.6) is 0 Å². The largest absolute Gasteiger partial charge is 1.00 e. The van der Waals surface area contributed by atoms with E-state index in [1.54, 1.807) is 6.08 Å². The van der Waals surface area contributed by atoms with Crippen molar-refractivity contribution in [2.75, 3.05) is 0 Å². The molecule has 0 aliphatic heterocycles. The van der Waals surface area contributed by atoms with E-state index >= 15 is 0 Å². The van der Waals surface area contributed by atoms with Crippen molar-refractivity contribution in [1.82, 2.24) is 0 Å². The molecule has 0 saturated carbocycles. The van der Waals surface area contributed by atoms with E-state index in [1.165, 1.54) is 6.08 Å². The zero-order valence-electron chi connectivity index (χ0n) is 8.22. The van der Waals surface area contributed by atoms with Gasteiger partial charge in [0.15, 0.2) is 0 Å². The summed E-state index contributed by atoms with van der Waals surface area (Å²) >= 11 is 0. The topological polar surface area (TPSA) is 43.1 Å². The summed E-state index contributed by atoms with van der Waals surface area (Å²) in [6.07, 6.45) is 3.00. The summed E-state index contributed by atoms with van der Waals surface area (Å²) in [6, 6.07) is 0. The Kier molecular flexibility index (Phi) is 16.4. The molecule has 0 unspecified atom stereocenters. The molecule has 1 amide bonds. The Labute approximate surface area is 98.1 Å². The minimum Gasteiger partial charge on any atom is -1.00 e. The van der Waals surface area contributed by atoms with Gasteiger partial charge in [-0.2, -0.15) is 13.5 Å². The fraction of sp³-hybridized carbons (Fsp3) is 0.429. The molecule has 0 spiro atoms. The first-order valence-electron chi connectivity index (χ1n) is 2.85. The second-order valence-electron chi connectivity index (χ2n) is 2.12. The standard InChI is InChI=1S/C7H11NO.Na.H2S.H/c1-6(2)4-3-5-7(8)9;;;/h4-6H,1-2H3,(H2,8,9);;1H2;/q;+1;;-1. The van der Waals surface area contributed by atoms with Gasteiger partial charge in [0.25, 0.3) is 0 Å². The fourth-order valence-electron chi connectivity index (χ4n) is 0.323. The Bertz CT molecular complexity index is 167. The normalized spacial score (nSPS) is 6.82. The maximum atomic E-state index is 10.1. The maximum absolute atomic E-state index is 10.1. The summed E-state index contributed by atoms with van der Waals surface area (Å²) in [5, 5.41) is 0. The van der Waals surface area contributed by atoms with Crippen molar-refractivity contribution in [2.45, 2.75) is 13.8 Å². The number of amides is 1. The van der Waals surface area contributed by atoms with E-state index in [9.17, 15) is 4.79 Å². The van der Waals surface area contributed by atoms with Gasteiger partial charge in [-0.1, -0.05) is 13.8 Å². The van der Waals surface area contributed by atoms with Crippen LogP contribution >= 0.6 is 13.5 Å². The van der Waals surface area contributed by atoms with Crippen LogP contribution in [0.25, 0.3) is 0 Å². The van der Waals surface area contributed by atoms with E-state index in [4.69, 9.17) is 5.73 Å². The summed E-state index contributed by atoms with van der Waals surface area (Å²) in [5.74, 6) is -0.0347. The zero-order chi connectivity index (χ0) is 7.28. The molecule has 0 aliphatic rings. The summed E-state index contributed by atoms with van der Waals surface area (Å²) in [5.41, 5.74) is 7.46. The fourth-order valence-corrected chi connectivity index (χ4v) is 0.323. The van der Waals surface area contributed by atoms with Gasteiger partial charge < -0.3 is 7.16 Å². The van der Waals surface area contributed by atoms with Gasteiger partial charge in [0.05, 0.1) is 0 Å². The van der Waals surface area contributed by atoms with Crippen LogP contribution < -0.4 is 35.3 Å². The van der Waals surface area contributed by atoms with Gasteiger partial charge in [0.2, 0.25) is 5.91 Å². The third-order valence-corrected chi connectivity index (χ3v) is 0.655. The van der Waals surface area contributed by atoms with Crippen LogP contribution in [0.1, 0.15) is 15.3 Å². The molecule has 4 heteroatoms. The summed E-state index contributed by atoms with van der Waals surface area (Å²) in [4.78, 5) is 10.1.